The summed E-state index contributed by atoms with van der Waals surface area (Å²) in [6.07, 6.45) is 3.55. The van der Waals surface area contributed by atoms with Crippen molar-refractivity contribution >= 4 is 17.3 Å². The number of carbonyl (C=O) groups is 1. The summed E-state index contributed by atoms with van der Waals surface area (Å²) >= 11 is 0. The van der Waals surface area contributed by atoms with Gasteiger partial charge in [0.2, 0.25) is 6.79 Å². The minimum atomic E-state index is -0.230. The molecule has 0 radical (unpaired) electrons. The highest BCUT2D eigenvalue weighted by molar-refractivity contribution is 5.83. The highest BCUT2D eigenvalue weighted by atomic mass is 16.7. The lowest BCUT2D eigenvalue weighted by Gasteiger charge is -2.31. The summed E-state index contributed by atoms with van der Waals surface area (Å²) in [5.74, 6) is 1.34. The lowest BCUT2D eigenvalue weighted by Crippen LogP contribution is -2.29. The van der Waals surface area contributed by atoms with Crippen LogP contribution in [0.3, 0.4) is 0 Å². The number of benzene rings is 3. The number of aromatic nitrogens is 1. The van der Waals surface area contributed by atoms with Crippen LogP contribution in [0.15, 0.2) is 89.3 Å². The number of aryl methyl sites for hydroxylation is 2. The summed E-state index contributed by atoms with van der Waals surface area (Å²) in [6, 6.07) is 24.7. The lowest BCUT2D eigenvalue weighted by molar-refractivity contribution is -0.142. The topological polar surface area (TPSA) is 74.0 Å². The number of hydrogen-bond acceptors (Lipinski definition) is 7. The second-order valence-electron chi connectivity index (χ2n) is 10.3. The van der Waals surface area contributed by atoms with E-state index in [0.717, 1.165) is 57.9 Å². The predicted octanol–water partition coefficient (Wildman–Crippen LogP) is 7.88. The normalized spacial score (nSPS) is 13.2. The maximum Gasteiger partial charge on any atom is 0.310 e. The van der Waals surface area contributed by atoms with E-state index in [-0.39, 0.29) is 25.2 Å². The monoisotopic (exact) mass is 552 g/mol. The Morgan fingerprint density at radius 3 is 2.54 bits per heavy atom. The van der Waals surface area contributed by atoms with Gasteiger partial charge in [-0.05, 0) is 68.5 Å². The van der Waals surface area contributed by atoms with Crippen molar-refractivity contribution in [3.05, 3.63) is 102 Å². The van der Waals surface area contributed by atoms with E-state index < -0.39 is 0 Å². The molecule has 0 saturated carbocycles. The summed E-state index contributed by atoms with van der Waals surface area (Å²) < 4.78 is 22.0. The van der Waals surface area contributed by atoms with Gasteiger partial charge in [-0.25, -0.2) is 0 Å². The lowest BCUT2D eigenvalue weighted by atomic mass is 9.96. The zero-order valence-electron chi connectivity index (χ0n) is 24.1. The van der Waals surface area contributed by atoms with Gasteiger partial charge in [0.05, 0.1) is 13.0 Å². The molecule has 1 aromatic heterocycles. The first-order valence-corrected chi connectivity index (χ1v) is 14.0. The Hall–Kier alpha value is -4.52. The van der Waals surface area contributed by atoms with Crippen LogP contribution >= 0.6 is 0 Å². The Labute approximate surface area is 241 Å². The van der Waals surface area contributed by atoms with Crippen LogP contribution < -0.4 is 4.90 Å². The Morgan fingerprint density at radius 2 is 1.80 bits per heavy atom. The quantitative estimate of drug-likeness (QED) is 0.175. The van der Waals surface area contributed by atoms with Crippen LogP contribution in [-0.2, 0) is 25.4 Å². The van der Waals surface area contributed by atoms with Crippen LogP contribution in [0, 0.1) is 13.8 Å². The van der Waals surface area contributed by atoms with Crippen molar-refractivity contribution in [2.75, 3.05) is 18.3 Å². The van der Waals surface area contributed by atoms with Crippen LogP contribution in [0.2, 0.25) is 0 Å². The molecule has 212 valence electrons. The standard InChI is InChI=1S/C34H36N2O5/c1-5-39-32(37)20-28-10-6-7-12-31(28)26-14-16-27(17-15-26)34-33(25(4)35-41-34)36(29-11-8-9-23(2)19-29)24(3)13-18-30-21-38-22-40-30/h6-12,14-17,19,21,24H,5,13,18,20,22H2,1-4H3. The van der Waals surface area contributed by atoms with Crippen LogP contribution in [-0.4, -0.2) is 30.6 Å². The first-order valence-electron chi connectivity index (χ1n) is 14.0. The smallest absolute Gasteiger partial charge is 0.310 e. The average molecular weight is 553 g/mol. The molecule has 7 nitrogen and oxygen atoms in total. The van der Waals surface area contributed by atoms with Gasteiger partial charge in [0.15, 0.2) is 5.76 Å². The Morgan fingerprint density at radius 1 is 1.02 bits per heavy atom. The van der Waals surface area contributed by atoms with Crippen molar-refractivity contribution in [3.8, 4) is 22.5 Å². The van der Waals surface area contributed by atoms with Gasteiger partial charge in [0.1, 0.15) is 23.4 Å². The fourth-order valence-electron chi connectivity index (χ4n) is 5.23. The third-order valence-electron chi connectivity index (χ3n) is 7.24. The SMILES string of the molecule is CCOC(=O)Cc1ccccc1-c1ccc(-c2onc(C)c2N(c2cccc(C)c2)C(C)CCC2=COCO2)cc1. The zero-order chi connectivity index (χ0) is 28.8. The summed E-state index contributed by atoms with van der Waals surface area (Å²) in [7, 11) is 0. The van der Waals surface area contributed by atoms with Gasteiger partial charge in [-0.15, -0.1) is 0 Å². The van der Waals surface area contributed by atoms with Gasteiger partial charge in [-0.3, -0.25) is 4.79 Å². The van der Waals surface area contributed by atoms with Crippen molar-refractivity contribution in [1.82, 2.24) is 5.16 Å². The minimum absolute atomic E-state index is 0.118. The summed E-state index contributed by atoms with van der Waals surface area (Å²) in [6.45, 7) is 8.75. The Bertz CT molecular complexity index is 1520. The third-order valence-corrected chi connectivity index (χ3v) is 7.24. The maximum absolute atomic E-state index is 12.2. The van der Waals surface area contributed by atoms with E-state index in [1.54, 1.807) is 6.26 Å². The van der Waals surface area contributed by atoms with Crippen molar-refractivity contribution in [2.45, 2.75) is 53.0 Å². The maximum atomic E-state index is 12.2. The summed E-state index contributed by atoms with van der Waals surface area (Å²) in [5, 5.41) is 4.40. The molecule has 7 heteroatoms. The zero-order valence-corrected chi connectivity index (χ0v) is 24.1. The number of allylic oxidation sites excluding steroid dienone is 1. The summed E-state index contributed by atoms with van der Waals surface area (Å²) in [4.78, 5) is 14.5. The molecule has 0 N–H and O–H groups in total. The molecule has 4 aromatic rings. The molecular weight excluding hydrogens is 516 g/mol. The van der Waals surface area contributed by atoms with Gasteiger partial charge < -0.3 is 23.6 Å². The van der Waals surface area contributed by atoms with E-state index in [0.29, 0.717) is 12.4 Å². The number of carbonyl (C=O) groups excluding carboxylic acids is 1. The van der Waals surface area contributed by atoms with Crippen LogP contribution in [0.4, 0.5) is 11.4 Å². The number of rotatable bonds is 11. The van der Waals surface area contributed by atoms with E-state index in [2.05, 4.69) is 60.3 Å². The van der Waals surface area contributed by atoms with Crippen LogP contribution in [0.25, 0.3) is 22.5 Å². The number of ether oxygens (including phenoxy) is 3. The molecule has 3 aromatic carbocycles. The van der Waals surface area contributed by atoms with Gasteiger partial charge in [-0.1, -0.05) is 65.8 Å². The number of nitrogens with zero attached hydrogens (tertiary/aromatic N) is 2. The van der Waals surface area contributed by atoms with Crippen molar-refractivity contribution in [2.24, 2.45) is 0 Å². The molecule has 1 unspecified atom stereocenters. The average Bonchev–Trinajstić information content (AvgIpc) is 3.63. The second kappa shape index (κ2) is 12.8. The molecule has 1 aliphatic heterocycles. The van der Waals surface area contributed by atoms with E-state index in [1.165, 1.54) is 5.56 Å². The largest absolute Gasteiger partial charge is 0.466 e. The van der Waals surface area contributed by atoms with E-state index in [1.807, 2.05) is 50.2 Å². The molecule has 1 atom stereocenters. The van der Waals surface area contributed by atoms with Crippen LogP contribution in [0.5, 0.6) is 0 Å². The van der Waals surface area contributed by atoms with Crippen molar-refractivity contribution in [3.63, 3.8) is 0 Å². The molecular formula is C34H36N2O5. The number of hydrogen-bond donors (Lipinski definition) is 0. The van der Waals surface area contributed by atoms with Gasteiger partial charge in [-0.2, -0.15) is 0 Å². The molecule has 2 heterocycles. The second-order valence-corrected chi connectivity index (χ2v) is 10.3. The molecule has 0 fully saturated rings. The molecule has 0 bridgehead atoms. The molecule has 0 aliphatic carbocycles. The van der Waals surface area contributed by atoms with E-state index in [4.69, 9.17) is 18.7 Å². The molecule has 5 rings (SSSR count). The summed E-state index contributed by atoms with van der Waals surface area (Å²) in [5.41, 5.74) is 7.89. The molecule has 0 saturated heterocycles. The minimum Gasteiger partial charge on any atom is -0.466 e. The number of anilines is 2. The first kappa shape index (κ1) is 28.0. The van der Waals surface area contributed by atoms with Gasteiger partial charge in [0.25, 0.3) is 0 Å². The fraction of sp³-hybridized carbons (Fsp3) is 0.294. The molecule has 0 amide bonds. The van der Waals surface area contributed by atoms with Crippen molar-refractivity contribution in [1.29, 1.82) is 0 Å². The van der Waals surface area contributed by atoms with Gasteiger partial charge in [0, 0.05) is 23.7 Å². The molecule has 41 heavy (non-hydrogen) atoms. The predicted molar refractivity (Wildman–Crippen MR) is 160 cm³/mol. The highest BCUT2D eigenvalue weighted by Crippen LogP contribution is 2.41. The first-order chi connectivity index (χ1) is 19.9. The molecule has 1 aliphatic rings. The van der Waals surface area contributed by atoms with Crippen LogP contribution in [0.1, 0.15) is 43.5 Å². The van der Waals surface area contributed by atoms with Crippen molar-refractivity contribution < 1.29 is 23.5 Å². The molecule has 0 spiro atoms. The van der Waals surface area contributed by atoms with Gasteiger partial charge >= 0.3 is 5.97 Å². The third kappa shape index (κ3) is 6.46. The van der Waals surface area contributed by atoms with E-state index >= 15 is 0 Å². The Kier molecular flexibility index (Phi) is 8.73. The fourth-order valence-corrected chi connectivity index (χ4v) is 5.23. The highest BCUT2D eigenvalue weighted by Gasteiger charge is 2.27. The Balaban J connectivity index is 1.48. The van der Waals surface area contributed by atoms with E-state index in [9.17, 15) is 4.79 Å². The number of esters is 1.